The van der Waals surface area contributed by atoms with Gasteiger partial charge in [0.15, 0.2) is 0 Å². The second-order valence-corrected chi connectivity index (χ2v) is 9.75. The fourth-order valence-electron chi connectivity index (χ4n) is 5.91. The van der Waals surface area contributed by atoms with Crippen LogP contribution in [0.5, 0.6) is 0 Å². The van der Waals surface area contributed by atoms with Crippen molar-refractivity contribution in [3.8, 4) is 28.1 Å². The molecule has 2 heteroatoms. The Kier molecular flexibility index (Phi) is 4.55. The van der Waals surface area contributed by atoms with Crippen LogP contribution in [-0.4, -0.2) is 4.57 Å². The monoisotopic (exact) mass is 485 g/mol. The van der Waals surface area contributed by atoms with Crippen LogP contribution in [0.3, 0.4) is 0 Å². The van der Waals surface area contributed by atoms with Crippen molar-refractivity contribution < 1.29 is 4.42 Å². The SMILES string of the molecule is c1ccc(-n2c3ccccc3c3cccc(-c4oc5ccccc5c4-c4ccc5ccccc5c4)c32)cc1. The van der Waals surface area contributed by atoms with Crippen LogP contribution < -0.4 is 0 Å². The molecule has 178 valence electrons. The Hall–Kier alpha value is -5.08. The van der Waals surface area contributed by atoms with E-state index >= 15 is 0 Å². The maximum Gasteiger partial charge on any atom is 0.145 e. The molecule has 0 bridgehead atoms. The molecule has 0 saturated carbocycles. The maximum absolute atomic E-state index is 6.73. The van der Waals surface area contributed by atoms with Crippen molar-refractivity contribution >= 4 is 43.5 Å². The van der Waals surface area contributed by atoms with Gasteiger partial charge in [-0.15, -0.1) is 0 Å². The summed E-state index contributed by atoms with van der Waals surface area (Å²) in [6.45, 7) is 0. The Morgan fingerprint density at radius 1 is 0.500 bits per heavy atom. The minimum absolute atomic E-state index is 0.894. The molecular formula is C36H23NO. The molecule has 2 aromatic heterocycles. The van der Waals surface area contributed by atoms with Gasteiger partial charge < -0.3 is 8.98 Å². The minimum atomic E-state index is 0.894. The summed E-state index contributed by atoms with van der Waals surface area (Å²) in [5.74, 6) is 0.895. The zero-order chi connectivity index (χ0) is 25.1. The Balaban J connectivity index is 1.51. The minimum Gasteiger partial charge on any atom is -0.455 e. The zero-order valence-corrected chi connectivity index (χ0v) is 20.6. The number of hydrogen-bond donors (Lipinski definition) is 0. The smallest absolute Gasteiger partial charge is 0.145 e. The summed E-state index contributed by atoms with van der Waals surface area (Å²) in [5, 5.41) is 6.02. The topological polar surface area (TPSA) is 18.1 Å². The number of benzene rings is 6. The summed E-state index contributed by atoms with van der Waals surface area (Å²) in [6, 6.07) is 49.4. The lowest BCUT2D eigenvalue weighted by Crippen LogP contribution is -1.95. The van der Waals surface area contributed by atoms with Crippen molar-refractivity contribution in [2.24, 2.45) is 0 Å². The van der Waals surface area contributed by atoms with Crippen LogP contribution in [0.2, 0.25) is 0 Å². The molecule has 2 nitrogen and oxygen atoms in total. The summed E-state index contributed by atoms with van der Waals surface area (Å²) in [5.41, 5.74) is 7.73. The third-order valence-electron chi connectivity index (χ3n) is 7.59. The molecule has 2 heterocycles. The van der Waals surface area contributed by atoms with Crippen molar-refractivity contribution in [2.45, 2.75) is 0 Å². The zero-order valence-electron chi connectivity index (χ0n) is 20.6. The van der Waals surface area contributed by atoms with Gasteiger partial charge >= 0.3 is 0 Å². The number of hydrogen-bond acceptors (Lipinski definition) is 1. The molecular weight excluding hydrogens is 462 g/mol. The fourth-order valence-corrected chi connectivity index (χ4v) is 5.91. The molecule has 0 fully saturated rings. The first-order chi connectivity index (χ1) is 18.9. The number of fused-ring (bicyclic) bond motifs is 5. The Morgan fingerprint density at radius 2 is 1.21 bits per heavy atom. The van der Waals surface area contributed by atoms with E-state index in [4.69, 9.17) is 4.42 Å². The van der Waals surface area contributed by atoms with E-state index in [1.807, 2.05) is 6.07 Å². The van der Waals surface area contributed by atoms with Gasteiger partial charge in [-0.05, 0) is 52.7 Å². The summed E-state index contributed by atoms with van der Waals surface area (Å²) < 4.78 is 9.11. The molecule has 0 atom stereocenters. The van der Waals surface area contributed by atoms with Crippen molar-refractivity contribution in [1.29, 1.82) is 0 Å². The standard InChI is InChI=1S/C36H23NO/c1-2-13-27(14-3-1)37-32-19-8-6-15-28(32)29-17-10-18-31(35(29)37)36-34(30-16-7-9-20-33(30)38-36)26-22-21-24-11-4-5-12-25(24)23-26/h1-23H. The van der Waals surface area contributed by atoms with Crippen LogP contribution >= 0.6 is 0 Å². The van der Waals surface area contributed by atoms with Gasteiger partial charge in [-0.25, -0.2) is 0 Å². The summed E-state index contributed by atoms with van der Waals surface area (Å²) in [7, 11) is 0. The number of nitrogens with zero attached hydrogens (tertiary/aromatic N) is 1. The lowest BCUT2D eigenvalue weighted by atomic mass is 9.95. The number of para-hydroxylation sites is 4. The first-order valence-corrected chi connectivity index (χ1v) is 13.0. The van der Waals surface area contributed by atoms with Gasteiger partial charge in [-0.1, -0.05) is 103 Å². The van der Waals surface area contributed by atoms with Crippen molar-refractivity contribution in [1.82, 2.24) is 4.57 Å². The molecule has 0 aliphatic heterocycles. The van der Waals surface area contributed by atoms with Gasteiger partial charge in [-0.3, -0.25) is 0 Å². The molecule has 0 N–H and O–H groups in total. The normalized spacial score (nSPS) is 11.7. The van der Waals surface area contributed by atoms with Gasteiger partial charge in [0, 0.05) is 33.0 Å². The van der Waals surface area contributed by atoms with E-state index in [0.29, 0.717) is 0 Å². The molecule has 0 aliphatic carbocycles. The number of furan rings is 1. The second-order valence-electron chi connectivity index (χ2n) is 9.75. The highest BCUT2D eigenvalue weighted by Crippen LogP contribution is 2.45. The number of aromatic nitrogens is 1. The average molecular weight is 486 g/mol. The Labute approximate surface area is 220 Å². The predicted octanol–water partition coefficient (Wildman–Crippen LogP) is 10.0. The van der Waals surface area contributed by atoms with Crippen molar-refractivity contribution in [3.05, 3.63) is 140 Å². The van der Waals surface area contributed by atoms with Crippen LogP contribution in [0.1, 0.15) is 0 Å². The Bertz CT molecular complexity index is 2130. The first kappa shape index (κ1) is 21.0. The third-order valence-corrected chi connectivity index (χ3v) is 7.59. The average Bonchev–Trinajstić information content (AvgIpc) is 3.54. The van der Waals surface area contributed by atoms with Gasteiger partial charge in [0.25, 0.3) is 0 Å². The maximum atomic E-state index is 6.73. The van der Waals surface area contributed by atoms with Crippen molar-refractivity contribution in [2.75, 3.05) is 0 Å². The lowest BCUT2D eigenvalue weighted by Gasteiger charge is -2.12. The molecule has 38 heavy (non-hydrogen) atoms. The highest BCUT2D eigenvalue weighted by molar-refractivity contribution is 6.15. The largest absolute Gasteiger partial charge is 0.455 e. The molecule has 0 radical (unpaired) electrons. The van der Waals surface area contributed by atoms with Crippen molar-refractivity contribution in [3.63, 3.8) is 0 Å². The predicted molar refractivity (Wildman–Crippen MR) is 159 cm³/mol. The number of rotatable bonds is 3. The van der Waals surface area contributed by atoms with E-state index in [2.05, 4.69) is 138 Å². The molecule has 0 spiro atoms. The molecule has 0 amide bonds. The van der Waals surface area contributed by atoms with Crippen LogP contribution in [-0.2, 0) is 0 Å². The highest BCUT2D eigenvalue weighted by Gasteiger charge is 2.23. The van der Waals surface area contributed by atoms with E-state index < -0.39 is 0 Å². The van der Waals surface area contributed by atoms with Gasteiger partial charge in [0.05, 0.1) is 11.0 Å². The van der Waals surface area contributed by atoms with E-state index in [0.717, 1.165) is 44.6 Å². The fraction of sp³-hybridized carbons (Fsp3) is 0. The Morgan fingerprint density at radius 3 is 2.11 bits per heavy atom. The van der Waals surface area contributed by atoms with Gasteiger partial charge in [0.2, 0.25) is 0 Å². The van der Waals surface area contributed by atoms with E-state index in [1.165, 1.54) is 27.1 Å². The lowest BCUT2D eigenvalue weighted by molar-refractivity contribution is 0.633. The van der Waals surface area contributed by atoms with E-state index in [9.17, 15) is 0 Å². The van der Waals surface area contributed by atoms with Crippen LogP contribution in [0.25, 0.3) is 71.7 Å². The summed E-state index contributed by atoms with van der Waals surface area (Å²) in [6.07, 6.45) is 0. The molecule has 8 aromatic rings. The van der Waals surface area contributed by atoms with Crippen LogP contribution in [0, 0.1) is 0 Å². The van der Waals surface area contributed by atoms with E-state index in [-0.39, 0.29) is 0 Å². The second kappa shape index (κ2) is 8.22. The molecule has 6 aromatic carbocycles. The first-order valence-electron chi connectivity index (χ1n) is 13.0. The molecule has 0 saturated heterocycles. The van der Waals surface area contributed by atoms with E-state index in [1.54, 1.807) is 0 Å². The third kappa shape index (κ3) is 3.07. The van der Waals surface area contributed by atoms with Gasteiger partial charge in [0.1, 0.15) is 11.3 Å². The summed E-state index contributed by atoms with van der Waals surface area (Å²) >= 11 is 0. The quantitative estimate of drug-likeness (QED) is 0.243. The molecule has 0 unspecified atom stereocenters. The molecule has 0 aliphatic rings. The van der Waals surface area contributed by atoms with Crippen LogP contribution in [0.4, 0.5) is 0 Å². The highest BCUT2D eigenvalue weighted by atomic mass is 16.3. The van der Waals surface area contributed by atoms with Gasteiger partial charge in [-0.2, -0.15) is 0 Å². The molecule has 8 rings (SSSR count). The van der Waals surface area contributed by atoms with Crippen LogP contribution in [0.15, 0.2) is 144 Å². The summed E-state index contributed by atoms with van der Waals surface area (Å²) in [4.78, 5) is 0.